The van der Waals surface area contributed by atoms with Gasteiger partial charge in [0.1, 0.15) is 6.10 Å². The first-order valence-corrected chi connectivity index (χ1v) is 13.3. The van der Waals surface area contributed by atoms with E-state index in [9.17, 15) is 13.2 Å². The number of rotatable bonds is 6. The maximum Gasteiger partial charge on any atom is 0.274 e. The quantitative estimate of drug-likeness (QED) is 0.530. The van der Waals surface area contributed by atoms with E-state index < -0.39 is 9.84 Å². The van der Waals surface area contributed by atoms with Gasteiger partial charge in [0.05, 0.1) is 20.9 Å². The van der Waals surface area contributed by atoms with E-state index in [1.165, 1.54) is 5.56 Å². The minimum absolute atomic E-state index is 0.00183. The normalized spacial score (nSPS) is 15.3. The zero-order chi connectivity index (χ0) is 22.9. The third-order valence-electron chi connectivity index (χ3n) is 5.95. The highest BCUT2D eigenvalue weighted by Crippen LogP contribution is 2.33. The van der Waals surface area contributed by atoms with Crippen molar-refractivity contribution >= 4 is 37.3 Å². The molecule has 32 heavy (non-hydrogen) atoms. The second-order valence-corrected chi connectivity index (χ2v) is 11.5. The van der Waals surface area contributed by atoms with Crippen LogP contribution in [0.1, 0.15) is 36.0 Å². The molecule has 0 N–H and O–H groups in total. The molecular formula is C24H28N2O4S2. The summed E-state index contributed by atoms with van der Waals surface area (Å²) in [7, 11) is -3.46. The largest absolute Gasteiger partial charge is 0.467 e. The van der Waals surface area contributed by atoms with Gasteiger partial charge >= 0.3 is 0 Å². The van der Waals surface area contributed by atoms with Crippen LogP contribution >= 0.6 is 11.3 Å². The number of carbonyl (C=O) groups excluding carboxylic acids is 1. The smallest absolute Gasteiger partial charge is 0.274 e. The van der Waals surface area contributed by atoms with Crippen LogP contribution in [0.4, 0.5) is 0 Å². The Morgan fingerprint density at radius 2 is 1.72 bits per heavy atom. The van der Waals surface area contributed by atoms with Crippen LogP contribution in [0.2, 0.25) is 0 Å². The molecule has 1 fully saturated rings. The number of hydrogen-bond acceptors (Lipinski definition) is 6. The van der Waals surface area contributed by atoms with E-state index in [2.05, 4.69) is 31.0 Å². The third-order valence-corrected chi connectivity index (χ3v) is 8.76. The van der Waals surface area contributed by atoms with E-state index in [-0.39, 0.29) is 29.1 Å². The molecule has 8 heteroatoms. The van der Waals surface area contributed by atoms with Crippen molar-refractivity contribution in [2.24, 2.45) is 0 Å². The van der Waals surface area contributed by atoms with Gasteiger partial charge in [-0.2, -0.15) is 0 Å². The molecule has 0 aliphatic carbocycles. The summed E-state index contributed by atoms with van der Waals surface area (Å²) in [5.41, 5.74) is 4.32. The van der Waals surface area contributed by atoms with Gasteiger partial charge in [0.2, 0.25) is 5.91 Å². The molecule has 1 saturated heterocycles. The lowest BCUT2D eigenvalue weighted by Gasteiger charge is -2.31. The van der Waals surface area contributed by atoms with Gasteiger partial charge in [-0.25, -0.2) is 13.4 Å². The summed E-state index contributed by atoms with van der Waals surface area (Å²) < 4.78 is 32.3. The number of amides is 1. The molecule has 1 aromatic heterocycles. The zero-order valence-electron chi connectivity index (χ0n) is 18.6. The van der Waals surface area contributed by atoms with Crippen molar-refractivity contribution in [1.29, 1.82) is 0 Å². The molecule has 2 heterocycles. The number of benzene rings is 2. The maximum atomic E-state index is 12.6. The highest BCUT2D eigenvalue weighted by Gasteiger charge is 2.26. The molecule has 0 saturated carbocycles. The monoisotopic (exact) mass is 472 g/mol. The molecule has 0 bridgehead atoms. The van der Waals surface area contributed by atoms with Gasteiger partial charge in [-0.15, -0.1) is 0 Å². The Kier molecular flexibility index (Phi) is 6.53. The molecule has 2 aromatic carbocycles. The molecule has 1 aliphatic heterocycles. The Hall–Kier alpha value is -2.45. The lowest BCUT2D eigenvalue weighted by atomic mass is 10.1. The van der Waals surface area contributed by atoms with Crippen molar-refractivity contribution in [2.45, 2.75) is 51.0 Å². The molecule has 3 aromatic rings. The van der Waals surface area contributed by atoms with Gasteiger partial charge in [-0.3, -0.25) is 4.79 Å². The summed E-state index contributed by atoms with van der Waals surface area (Å²) in [6.45, 7) is 7.17. The number of aryl methyl sites for hydroxylation is 3. The Morgan fingerprint density at radius 1 is 1.06 bits per heavy atom. The SMILES string of the molecule is Cc1ccc(S(=O)(=O)CCC(=O)N2CCC(Oc3nc4c(C)ccc(C)c4s3)CC2)cc1. The summed E-state index contributed by atoms with van der Waals surface area (Å²) in [6.07, 6.45) is 1.43. The average molecular weight is 473 g/mol. The van der Waals surface area contributed by atoms with Gasteiger partial charge < -0.3 is 9.64 Å². The fraction of sp³-hybridized carbons (Fsp3) is 0.417. The van der Waals surface area contributed by atoms with Crippen molar-refractivity contribution < 1.29 is 17.9 Å². The van der Waals surface area contributed by atoms with Crippen LogP contribution in [0, 0.1) is 20.8 Å². The Bertz CT molecular complexity index is 1190. The van der Waals surface area contributed by atoms with Crippen LogP contribution in [0.3, 0.4) is 0 Å². The van der Waals surface area contributed by atoms with Crippen molar-refractivity contribution in [3.05, 3.63) is 53.1 Å². The molecule has 6 nitrogen and oxygen atoms in total. The predicted octanol–water partition coefficient (Wildman–Crippen LogP) is 4.46. The summed E-state index contributed by atoms with van der Waals surface area (Å²) in [5.74, 6) is -0.291. The minimum atomic E-state index is -3.46. The molecule has 0 unspecified atom stereocenters. The van der Waals surface area contributed by atoms with Crippen LogP contribution in [-0.4, -0.2) is 49.2 Å². The van der Waals surface area contributed by atoms with Gasteiger partial charge in [-0.1, -0.05) is 41.2 Å². The van der Waals surface area contributed by atoms with Crippen LogP contribution in [0.5, 0.6) is 5.19 Å². The molecule has 1 amide bonds. The number of carbonyl (C=O) groups is 1. The lowest BCUT2D eigenvalue weighted by molar-refractivity contribution is -0.132. The van der Waals surface area contributed by atoms with Gasteiger partial charge in [0.15, 0.2) is 9.84 Å². The van der Waals surface area contributed by atoms with Crippen molar-refractivity contribution in [1.82, 2.24) is 9.88 Å². The fourth-order valence-corrected chi connectivity index (χ4v) is 6.16. The minimum Gasteiger partial charge on any atom is -0.467 e. The number of hydrogen-bond donors (Lipinski definition) is 0. The number of fused-ring (bicyclic) bond motifs is 1. The third kappa shape index (κ3) is 4.96. The Labute approximate surface area is 193 Å². The average Bonchev–Trinajstić information content (AvgIpc) is 3.21. The summed E-state index contributed by atoms with van der Waals surface area (Å²) in [5, 5.41) is 0.673. The van der Waals surface area contributed by atoms with Crippen LogP contribution < -0.4 is 4.74 Å². The van der Waals surface area contributed by atoms with E-state index in [0.717, 1.165) is 21.3 Å². The first kappa shape index (κ1) is 22.7. The van der Waals surface area contributed by atoms with Crippen LogP contribution in [0.25, 0.3) is 10.2 Å². The molecule has 4 rings (SSSR count). The van der Waals surface area contributed by atoms with Crippen molar-refractivity contribution in [3.63, 3.8) is 0 Å². The second-order valence-electron chi connectivity index (χ2n) is 8.44. The van der Waals surface area contributed by atoms with E-state index in [1.807, 2.05) is 6.92 Å². The number of piperidine rings is 1. The molecule has 170 valence electrons. The number of nitrogens with zero attached hydrogens (tertiary/aromatic N) is 2. The zero-order valence-corrected chi connectivity index (χ0v) is 20.3. The lowest BCUT2D eigenvalue weighted by Crippen LogP contribution is -2.42. The maximum absolute atomic E-state index is 12.6. The van der Waals surface area contributed by atoms with E-state index in [4.69, 9.17) is 4.74 Å². The summed E-state index contributed by atoms with van der Waals surface area (Å²) >= 11 is 1.57. The number of aromatic nitrogens is 1. The fourth-order valence-electron chi connectivity index (χ4n) is 3.90. The Morgan fingerprint density at radius 3 is 2.38 bits per heavy atom. The summed E-state index contributed by atoms with van der Waals surface area (Å²) in [6, 6.07) is 10.9. The van der Waals surface area contributed by atoms with E-state index >= 15 is 0 Å². The molecule has 1 aliphatic rings. The molecule has 0 radical (unpaired) electrons. The first-order valence-electron chi connectivity index (χ1n) is 10.8. The highest BCUT2D eigenvalue weighted by molar-refractivity contribution is 7.91. The first-order chi connectivity index (χ1) is 15.2. The molecule has 0 spiro atoms. The Balaban J connectivity index is 1.30. The number of ether oxygens (including phenoxy) is 1. The van der Waals surface area contributed by atoms with Crippen molar-refractivity contribution in [2.75, 3.05) is 18.8 Å². The van der Waals surface area contributed by atoms with Gasteiger partial charge in [0.25, 0.3) is 5.19 Å². The molecule has 0 atom stereocenters. The summed E-state index contributed by atoms with van der Waals surface area (Å²) in [4.78, 5) is 19.3. The number of likely N-dealkylation sites (tertiary alicyclic amines) is 1. The van der Waals surface area contributed by atoms with Gasteiger partial charge in [-0.05, 0) is 44.0 Å². The van der Waals surface area contributed by atoms with E-state index in [1.54, 1.807) is 40.5 Å². The van der Waals surface area contributed by atoms with E-state index in [0.29, 0.717) is 31.1 Å². The molecular weight excluding hydrogens is 444 g/mol. The van der Waals surface area contributed by atoms with Gasteiger partial charge in [0, 0.05) is 32.4 Å². The van der Waals surface area contributed by atoms with Crippen LogP contribution in [-0.2, 0) is 14.6 Å². The number of sulfone groups is 1. The highest BCUT2D eigenvalue weighted by atomic mass is 32.2. The standard InChI is InChI=1S/C24H28N2O4S2/c1-16-4-8-20(9-5-16)32(28,29)15-12-21(27)26-13-10-19(11-14-26)30-24-25-22-17(2)6-7-18(3)23(22)31-24/h4-9,19H,10-15H2,1-3H3. The number of thiazole rings is 1. The topological polar surface area (TPSA) is 76.6 Å². The van der Waals surface area contributed by atoms with Crippen molar-refractivity contribution in [3.8, 4) is 5.19 Å². The second kappa shape index (κ2) is 9.19. The van der Waals surface area contributed by atoms with Crippen LogP contribution in [0.15, 0.2) is 41.3 Å². The predicted molar refractivity (Wildman–Crippen MR) is 127 cm³/mol.